The zero-order chi connectivity index (χ0) is 15.6. The minimum absolute atomic E-state index is 0.103. The Kier molecular flexibility index (Phi) is 4.17. The van der Waals surface area contributed by atoms with Gasteiger partial charge in [-0.25, -0.2) is 0 Å². The van der Waals surface area contributed by atoms with Crippen LogP contribution in [-0.2, 0) is 0 Å². The number of hydrogen-bond donors (Lipinski definition) is 2. The summed E-state index contributed by atoms with van der Waals surface area (Å²) in [7, 11) is 1.43. The van der Waals surface area contributed by atoms with Crippen molar-refractivity contribution < 1.29 is 19.7 Å². The van der Waals surface area contributed by atoms with Crippen LogP contribution in [0.3, 0.4) is 0 Å². The molecular formula is C17H18O4. The molecule has 0 fully saturated rings. The Bertz CT molecular complexity index is 675. The monoisotopic (exact) mass is 286 g/mol. The third-order valence-corrected chi connectivity index (χ3v) is 3.46. The van der Waals surface area contributed by atoms with Crippen LogP contribution in [0.4, 0.5) is 0 Å². The van der Waals surface area contributed by atoms with Crippen molar-refractivity contribution >= 4 is 6.29 Å². The first-order chi connectivity index (χ1) is 9.97. The molecule has 0 bridgehead atoms. The minimum atomic E-state index is -0.148. The summed E-state index contributed by atoms with van der Waals surface area (Å²) in [5.41, 5.74) is 2.59. The molecule has 0 amide bonds. The average Bonchev–Trinajstić information content (AvgIpc) is 2.47. The van der Waals surface area contributed by atoms with Crippen LogP contribution >= 0.6 is 0 Å². The highest BCUT2D eigenvalue weighted by molar-refractivity contribution is 5.90. The summed E-state index contributed by atoms with van der Waals surface area (Å²) >= 11 is 0. The summed E-state index contributed by atoms with van der Waals surface area (Å²) in [4.78, 5) is 11.3. The van der Waals surface area contributed by atoms with Gasteiger partial charge in [-0.3, -0.25) is 4.79 Å². The summed E-state index contributed by atoms with van der Waals surface area (Å²) in [6.07, 6.45) is 0.764. The summed E-state index contributed by atoms with van der Waals surface area (Å²) in [5, 5.41) is 19.7. The zero-order valence-corrected chi connectivity index (χ0v) is 12.3. The number of carbonyl (C=O) groups is 1. The Hall–Kier alpha value is -2.49. The summed E-state index contributed by atoms with van der Waals surface area (Å²) < 4.78 is 5.05. The fraction of sp³-hybridized carbons (Fsp3) is 0.235. The number of hydrogen-bond acceptors (Lipinski definition) is 4. The summed E-state index contributed by atoms with van der Waals surface area (Å²) in [6.45, 7) is 4.09. The first-order valence-electron chi connectivity index (χ1n) is 6.67. The number of ether oxygens (including phenoxy) is 1. The van der Waals surface area contributed by atoms with E-state index in [0.29, 0.717) is 22.6 Å². The lowest BCUT2D eigenvalue weighted by molar-refractivity contribution is 0.112. The van der Waals surface area contributed by atoms with Crippen molar-refractivity contribution in [2.75, 3.05) is 7.11 Å². The summed E-state index contributed by atoms with van der Waals surface area (Å²) in [5.74, 6) is 0.298. The van der Waals surface area contributed by atoms with Crippen molar-refractivity contribution in [3.63, 3.8) is 0 Å². The second kappa shape index (κ2) is 5.87. The maximum absolute atomic E-state index is 11.3. The molecule has 21 heavy (non-hydrogen) atoms. The molecule has 0 aromatic heterocycles. The van der Waals surface area contributed by atoms with Crippen molar-refractivity contribution in [1.82, 2.24) is 0 Å². The lowest BCUT2D eigenvalue weighted by Crippen LogP contribution is -1.94. The first kappa shape index (κ1) is 14.9. The molecule has 0 spiro atoms. The maximum atomic E-state index is 11.3. The first-order valence-corrected chi connectivity index (χ1v) is 6.67. The smallest absolute Gasteiger partial charge is 0.161 e. The molecule has 2 aromatic carbocycles. The lowest BCUT2D eigenvalue weighted by atomic mass is 9.93. The van der Waals surface area contributed by atoms with Gasteiger partial charge in [-0.15, -0.1) is 0 Å². The van der Waals surface area contributed by atoms with Gasteiger partial charge in [-0.2, -0.15) is 0 Å². The number of aromatic hydroxyl groups is 2. The Balaban J connectivity index is 2.64. The molecule has 0 atom stereocenters. The molecule has 0 radical (unpaired) electrons. The second-order valence-corrected chi connectivity index (χ2v) is 5.16. The van der Waals surface area contributed by atoms with Gasteiger partial charge in [0.25, 0.3) is 0 Å². The number of phenols is 2. The van der Waals surface area contributed by atoms with E-state index in [1.165, 1.54) is 19.2 Å². The molecule has 4 heteroatoms. The van der Waals surface area contributed by atoms with Crippen molar-refractivity contribution in [1.29, 1.82) is 0 Å². The molecule has 2 rings (SSSR count). The Morgan fingerprint density at radius 1 is 1.05 bits per heavy atom. The van der Waals surface area contributed by atoms with Gasteiger partial charge < -0.3 is 14.9 Å². The second-order valence-electron chi connectivity index (χ2n) is 5.16. The topological polar surface area (TPSA) is 66.8 Å². The largest absolute Gasteiger partial charge is 0.507 e. The lowest BCUT2D eigenvalue weighted by Gasteiger charge is -2.13. The highest BCUT2D eigenvalue weighted by Gasteiger charge is 2.15. The molecule has 0 saturated carbocycles. The van der Waals surface area contributed by atoms with Gasteiger partial charge in [0, 0.05) is 17.2 Å². The fourth-order valence-electron chi connectivity index (χ4n) is 2.22. The molecule has 0 unspecified atom stereocenters. The van der Waals surface area contributed by atoms with E-state index >= 15 is 0 Å². The van der Waals surface area contributed by atoms with E-state index in [-0.39, 0.29) is 17.2 Å². The molecule has 2 aromatic rings. The molecule has 2 N–H and O–H groups in total. The van der Waals surface area contributed by atoms with Crippen LogP contribution in [0.5, 0.6) is 17.2 Å². The van der Waals surface area contributed by atoms with E-state index in [2.05, 4.69) is 0 Å². The molecule has 4 nitrogen and oxygen atoms in total. The van der Waals surface area contributed by atoms with Crippen LogP contribution in [0.2, 0.25) is 0 Å². The number of methoxy groups -OCH3 is 1. The van der Waals surface area contributed by atoms with Crippen LogP contribution in [0.15, 0.2) is 30.3 Å². The van der Waals surface area contributed by atoms with Crippen LogP contribution < -0.4 is 4.74 Å². The maximum Gasteiger partial charge on any atom is 0.161 e. The van der Waals surface area contributed by atoms with Crippen LogP contribution in [-0.4, -0.2) is 23.6 Å². The number of aldehydes is 1. The van der Waals surface area contributed by atoms with E-state index in [9.17, 15) is 15.0 Å². The highest BCUT2D eigenvalue weighted by Crippen LogP contribution is 2.40. The quantitative estimate of drug-likeness (QED) is 0.841. The van der Waals surface area contributed by atoms with E-state index < -0.39 is 0 Å². The third-order valence-electron chi connectivity index (χ3n) is 3.46. The van der Waals surface area contributed by atoms with Crippen LogP contribution in [0.1, 0.15) is 35.7 Å². The van der Waals surface area contributed by atoms with Crippen molar-refractivity contribution in [3.05, 3.63) is 41.5 Å². The van der Waals surface area contributed by atoms with Crippen molar-refractivity contribution in [2.45, 2.75) is 19.8 Å². The molecule has 0 aliphatic carbocycles. The Morgan fingerprint density at radius 2 is 1.76 bits per heavy atom. The molecular weight excluding hydrogens is 268 g/mol. The number of phenolic OH excluding ortho intramolecular Hbond substituents is 2. The number of rotatable bonds is 4. The van der Waals surface area contributed by atoms with Gasteiger partial charge in [-0.05, 0) is 29.2 Å². The van der Waals surface area contributed by atoms with Gasteiger partial charge in [0.2, 0.25) is 0 Å². The van der Waals surface area contributed by atoms with Gasteiger partial charge >= 0.3 is 0 Å². The van der Waals surface area contributed by atoms with E-state index in [1.807, 2.05) is 26.0 Å². The van der Waals surface area contributed by atoms with Gasteiger partial charge in [-0.1, -0.05) is 26.0 Å². The molecule has 0 saturated heterocycles. The van der Waals surface area contributed by atoms with Crippen molar-refractivity contribution in [3.8, 4) is 28.4 Å². The Labute approximate surface area is 123 Å². The number of carbonyl (C=O) groups excluding carboxylic acids is 1. The average molecular weight is 286 g/mol. The third kappa shape index (κ3) is 2.84. The molecule has 0 aliphatic rings. The zero-order valence-electron chi connectivity index (χ0n) is 12.3. The highest BCUT2D eigenvalue weighted by atomic mass is 16.5. The van der Waals surface area contributed by atoms with E-state index in [1.54, 1.807) is 6.07 Å². The van der Waals surface area contributed by atoms with E-state index in [4.69, 9.17) is 4.74 Å². The standard InChI is InChI=1S/C17H18O4/c1-10(2)11-4-5-13(12(6-11)9-18)14-7-17(21-3)16(20)8-15(14)19/h4-10,19-20H,1-3H3. The number of benzene rings is 2. The minimum Gasteiger partial charge on any atom is -0.507 e. The summed E-state index contributed by atoms with van der Waals surface area (Å²) in [6, 6.07) is 8.25. The van der Waals surface area contributed by atoms with Gasteiger partial charge in [0.1, 0.15) is 5.75 Å². The van der Waals surface area contributed by atoms with Crippen LogP contribution in [0.25, 0.3) is 11.1 Å². The van der Waals surface area contributed by atoms with Gasteiger partial charge in [0.15, 0.2) is 17.8 Å². The van der Waals surface area contributed by atoms with Crippen LogP contribution in [0, 0.1) is 0 Å². The molecule has 0 heterocycles. The predicted molar refractivity (Wildman–Crippen MR) is 81.2 cm³/mol. The van der Waals surface area contributed by atoms with E-state index in [0.717, 1.165) is 11.8 Å². The molecule has 0 aliphatic heterocycles. The Morgan fingerprint density at radius 3 is 2.33 bits per heavy atom. The normalized spacial score (nSPS) is 10.7. The van der Waals surface area contributed by atoms with Crippen molar-refractivity contribution in [2.24, 2.45) is 0 Å². The molecule has 110 valence electrons. The fourth-order valence-corrected chi connectivity index (χ4v) is 2.22. The SMILES string of the molecule is COc1cc(-c2ccc(C(C)C)cc2C=O)c(O)cc1O. The predicted octanol–water partition coefficient (Wildman–Crippen LogP) is 3.71. The van der Waals surface area contributed by atoms with Gasteiger partial charge in [0.05, 0.1) is 7.11 Å².